The summed E-state index contributed by atoms with van der Waals surface area (Å²) in [6, 6.07) is 16.4. The molecule has 0 spiro atoms. The van der Waals surface area contributed by atoms with E-state index < -0.39 is 0 Å². The molecule has 2 rings (SSSR count). The third-order valence-corrected chi connectivity index (χ3v) is 3.42. The summed E-state index contributed by atoms with van der Waals surface area (Å²) in [6.07, 6.45) is 2.07. The van der Waals surface area contributed by atoms with E-state index in [1.165, 1.54) is 4.90 Å². The van der Waals surface area contributed by atoms with Crippen LogP contribution in [0.15, 0.2) is 53.4 Å². The van der Waals surface area contributed by atoms with Crippen LogP contribution in [0, 0.1) is 0 Å². The van der Waals surface area contributed by atoms with Crippen molar-refractivity contribution in [1.82, 2.24) is 0 Å². The number of benzene rings is 2. The summed E-state index contributed by atoms with van der Waals surface area (Å²) >= 11 is 1.73. The third-order valence-electron chi connectivity index (χ3n) is 2.68. The predicted octanol–water partition coefficient (Wildman–Crippen LogP) is 4.03. The maximum Gasteiger partial charge on any atom is 0.119 e. The van der Waals surface area contributed by atoms with Crippen molar-refractivity contribution in [2.24, 2.45) is 0 Å². The van der Waals surface area contributed by atoms with Gasteiger partial charge in [0.25, 0.3) is 0 Å². The van der Waals surface area contributed by atoms with Crippen molar-refractivity contribution in [3.05, 3.63) is 54.1 Å². The monoisotopic (exact) mass is 259 g/mol. The zero-order valence-corrected chi connectivity index (χ0v) is 11.5. The SMILES string of the molecule is CNc1cccc(COc2ccc(SC)cc2)c1. The maximum atomic E-state index is 5.75. The van der Waals surface area contributed by atoms with Crippen molar-refractivity contribution in [3.8, 4) is 5.75 Å². The predicted molar refractivity (Wildman–Crippen MR) is 78.5 cm³/mol. The second-order valence-corrected chi connectivity index (χ2v) is 4.79. The van der Waals surface area contributed by atoms with Gasteiger partial charge in [0.15, 0.2) is 0 Å². The Balaban J connectivity index is 1.97. The van der Waals surface area contributed by atoms with Gasteiger partial charge in [0.05, 0.1) is 0 Å². The van der Waals surface area contributed by atoms with E-state index in [1.807, 2.05) is 31.3 Å². The average molecular weight is 259 g/mol. The number of nitrogens with one attached hydrogen (secondary N) is 1. The lowest BCUT2D eigenvalue weighted by Crippen LogP contribution is -1.96. The Labute approximate surface area is 112 Å². The standard InChI is InChI=1S/C15H17NOS/c1-16-13-5-3-4-12(10-13)11-17-14-6-8-15(18-2)9-7-14/h3-10,16H,11H2,1-2H3. The molecule has 0 atom stereocenters. The van der Waals surface area contributed by atoms with Crippen LogP contribution in [-0.2, 0) is 6.61 Å². The molecule has 18 heavy (non-hydrogen) atoms. The average Bonchev–Trinajstić information content (AvgIpc) is 2.46. The Bertz CT molecular complexity index is 496. The molecule has 2 aromatic rings. The van der Waals surface area contributed by atoms with E-state index in [2.05, 4.69) is 35.8 Å². The largest absolute Gasteiger partial charge is 0.489 e. The third kappa shape index (κ3) is 3.44. The summed E-state index contributed by atoms with van der Waals surface area (Å²) in [5.74, 6) is 0.905. The summed E-state index contributed by atoms with van der Waals surface area (Å²) in [7, 11) is 1.92. The van der Waals surface area contributed by atoms with E-state index in [4.69, 9.17) is 4.74 Å². The van der Waals surface area contributed by atoms with Crippen LogP contribution in [0.2, 0.25) is 0 Å². The van der Waals surface area contributed by atoms with Gasteiger partial charge in [-0.1, -0.05) is 12.1 Å². The minimum absolute atomic E-state index is 0.591. The number of hydrogen-bond donors (Lipinski definition) is 1. The second-order valence-electron chi connectivity index (χ2n) is 3.91. The highest BCUT2D eigenvalue weighted by atomic mass is 32.2. The fraction of sp³-hybridized carbons (Fsp3) is 0.200. The highest BCUT2D eigenvalue weighted by Crippen LogP contribution is 2.20. The van der Waals surface area contributed by atoms with Gasteiger partial charge in [-0.2, -0.15) is 0 Å². The second kappa shape index (κ2) is 6.36. The lowest BCUT2D eigenvalue weighted by molar-refractivity contribution is 0.306. The Hall–Kier alpha value is -1.61. The molecule has 1 N–H and O–H groups in total. The molecule has 0 aliphatic carbocycles. The quantitative estimate of drug-likeness (QED) is 0.819. The van der Waals surface area contributed by atoms with Crippen LogP contribution in [-0.4, -0.2) is 13.3 Å². The smallest absolute Gasteiger partial charge is 0.119 e. The minimum Gasteiger partial charge on any atom is -0.489 e. The molecular formula is C15H17NOS. The maximum absolute atomic E-state index is 5.75. The minimum atomic E-state index is 0.591. The summed E-state index contributed by atoms with van der Waals surface area (Å²) in [4.78, 5) is 1.25. The van der Waals surface area contributed by atoms with Gasteiger partial charge in [0, 0.05) is 17.6 Å². The van der Waals surface area contributed by atoms with E-state index in [0.29, 0.717) is 6.61 Å². The van der Waals surface area contributed by atoms with Crippen LogP contribution in [0.1, 0.15) is 5.56 Å². The molecule has 0 amide bonds. The molecule has 2 nitrogen and oxygen atoms in total. The van der Waals surface area contributed by atoms with Gasteiger partial charge in [0.2, 0.25) is 0 Å². The molecule has 0 aliphatic rings. The number of ether oxygens (including phenoxy) is 1. The van der Waals surface area contributed by atoms with E-state index in [-0.39, 0.29) is 0 Å². The van der Waals surface area contributed by atoms with Crippen molar-refractivity contribution in [1.29, 1.82) is 0 Å². The van der Waals surface area contributed by atoms with Gasteiger partial charge in [-0.3, -0.25) is 0 Å². The molecule has 2 aromatic carbocycles. The van der Waals surface area contributed by atoms with Crippen molar-refractivity contribution in [2.75, 3.05) is 18.6 Å². The molecule has 0 aromatic heterocycles. The Morgan fingerprint density at radius 3 is 2.56 bits per heavy atom. The van der Waals surface area contributed by atoms with Gasteiger partial charge in [-0.15, -0.1) is 11.8 Å². The van der Waals surface area contributed by atoms with Crippen molar-refractivity contribution < 1.29 is 4.74 Å². The lowest BCUT2D eigenvalue weighted by atomic mass is 10.2. The number of thioether (sulfide) groups is 1. The summed E-state index contributed by atoms with van der Waals surface area (Å²) in [5.41, 5.74) is 2.27. The Kier molecular flexibility index (Phi) is 4.53. The van der Waals surface area contributed by atoms with Gasteiger partial charge in [0.1, 0.15) is 12.4 Å². The fourth-order valence-electron chi connectivity index (χ4n) is 1.66. The van der Waals surface area contributed by atoms with E-state index in [1.54, 1.807) is 11.8 Å². The first-order chi connectivity index (χ1) is 8.81. The zero-order valence-electron chi connectivity index (χ0n) is 10.6. The molecular weight excluding hydrogens is 242 g/mol. The fourth-order valence-corrected chi connectivity index (χ4v) is 2.06. The van der Waals surface area contributed by atoms with Crippen molar-refractivity contribution in [2.45, 2.75) is 11.5 Å². The van der Waals surface area contributed by atoms with Crippen molar-refractivity contribution >= 4 is 17.4 Å². The number of anilines is 1. The molecule has 0 bridgehead atoms. The van der Waals surface area contributed by atoms with E-state index in [9.17, 15) is 0 Å². The molecule has 94 valence electrons. The van der Waals surface area contributed by atoms with Crippen molar-refractivity contribution in [3.63, 3.8) is 0 Å². The molecule has 0 unspecified atom stereocenters. The molecule has 0 fully saturated rings. The van der Waals surface area contributed by atoms with Gasteiger partial charge in [-0.25, -0.2) is 0 Å². The van der Waals surface area contributed by atoms with Crippen LogP contribution in [0.3, 0.4) is 0 Å². The van der Waals surface area contributed by atoms with Crippen LogP contribution < -0.4 is 10.1 Å². The topological polar surface area (TPSA) is 21.3 Å². The molecule has 0 aliphatic heterocycles. The van der Waals surface area contributed by atoms with E-state index >= 15 is 0 Å². The molecule has 3 heteroatoms. The summed E-state index contributed by atoms with van der Waals surface area (Å²) < 4.78 is 5.75. The van der Waals surface area contributed by atoms with Crippen LogP contribution in [0.25, 0.3) is 0 Å². The molecule has 0 radical (unpaired) electrons. The zero-order chi connectivity index (χ0) is 12.8. The molecule has 0 heterocycles. The van der Waals surface area contributed by atoms with Gasteiger partial charge < -0.3 is 10.1 Å². The number of rotatable bonds is 5. The summed E-state index contributed by atoms with van der Waals surface area (Å²) in [6.45, 7) is 0.591. The normalized spacial score (nSPS) is 10.1. The Morgan fingerprint density at radius 2 is 1.89 bits per heavy atom. The molecule has 0 saturated carbocycles. The van der Waals surface area contributed by atoms with Crippen LogP contribution >= 0.6 is 11.8 Å². The van der Waals surface area contributed by atoms with Gasteiger partial charge >= 0.3 is 0 Å². The first-order valence-corrected chi connectivity index (χ1v) is 7.08. The highest BCUT2D eigenvalue weighted by Gasteiger charge is 1.97. The van der Waals surface area contributed by atoms with Gasteiger partial charge in [-0.05, 0) is 48.2 Å². The lowest BCUT2D eigenvalue weighted by Gasteiger charge is -2.08. The highest BCUT2D eigenvalue weighted by molar-refractivity contribution is 7.98. The first-order valence-electron chi connectivity index (χ1n) is 5.85. The number of hydrogen-bond acceptors (Lipinski definition) is 3. The first kappa shape index (κ1) is 12.8. The Morgan fingerprint density at radius 1 is 1.11 bits per heavy atom. The van der Waals surface area contributed by atoms with Crippen LogP contribution in [0.4, 0.5) is 5.69 Å². The van der Waals surface area contributed by atoms with Crippen LogP contribution in [0.5, 0.6) is 5.75 Å². The summed E-state index contributed by atoms with van der Waals surface area (Å²) in [5, 5.41) is 3.12. The van der Waals surface area contributed by atoms with E-state index in [0.717, 1.165) is 17.0 Å². The molecule has 0 saturated heterocycles.